The van der Waals surface area contributed by atoms with Gasteiger partial charge in [-0.3, -0.25) is 0 Å². The monoisotopic (exact) mass is 396 g/mol. The largest absolute Gasteiger partial charge is 0.207 e. The quantitative estimate of drug-likeness (QED) is 0.493. The van der Waals surface area contributed by atoms with Gasteiger partial charge in [-0.05, 0) is 91.3 Å². The van der Waals surface area contributed by atoms with Crippen molar-refractivity contribution >= 4 is 17.7 Å². The van der Waals surface area contributed by atoms with Crippen molar-refractivity contribution in [2.24, 2.45) is 11.8 Å². The molecule has 0 nitrogen and oxygen atoms in total. The minimum Gasteiger partial charge on any atom is -0.207 e. The average molecular weight is 397 g/mol. The molecule has 0 heterocycles. The molecule has 0 saturated heterocycles. The minimum atomic E-state index is -0.122. The molecule has 2 heteroatoms. The van der Waals surface area contributed by atoms with Crippen LogP contribution in [0.3, 0.4) is 0 Å². The topological polar surface area (TPSA) is 0 Å². The Hall–Kier alpha value is -1.60. The van der Waals surface area contributed by atoms with Gasteiger partial charge in [0.25, 0.3) is 0 Å². The van der Waals surface area contributed by atoms with Crippen molar-refractivity contribution in [2.75, 3.05) is 0 Å². The molecule has 0 aromatic heterocycles. The van der Waals surface area contributed by atoms with Crippen molar-refractivity contribution in [2.45, 2.75) is 64.7 Å². The molecule has 2 aromatic carbocycles. The zero-order chi connectivity index (χ0) is 19.5. The molecule has 2 aromatic rings. The van der Waals surface area contributed by atoms with E-state index in [1.807, 2.05) is 12.1 Å². The summed E-state index contributed by atoms with van der Waals surface area (Å²) in [4.78, 5) is 0. The van der Waals surface area contributed by atoms with Gasteiger partial charge in [0.05, 0.1) is 0 Å². The van der Waals surface area contributed by atoms with Crippen LogP contribution in [0.5, 0.6) is 0 Å². The molecule has 0 N–H and O–H groups in total. The van der Waals surface area contributed by atoms with Gasteiger partial charge in [-0.25, -0.2) is 4.39 Å². The summed E-state index contributed by atoms with van der Waals surface area (Å²) in [6.07, 6.45) is 13.4. The molecular weight excluding hydrogens is 367 g/mol. The number of benzene rings is 2. The molecule has 0 bridgehead atoms. The zero-order valence-electron chi connectivity index (χ0n) is 16.8. The minimum absolute atomic E-state index is 0.122. The van der Waals surface area contributed by atoms with E-state index in [1.165, 1.54) is 55.2 Å². The second-order valence-electron chi connectivity index (χ2n) is 8.73. The number of hydrogen-bond acceptors (Lipinski definition) is 0. The van der Waals surface area contributed by atoms with Crippen LogP contribution in [0.1, 0.15) is 67.2 Å². The third-order valence-corrected chi connectivity index (χ3v) is 7.24. The van der Waals surface area contributed by atoms with Crippen LogP contribution in [-0.2, 0) is 12.8 Å². The number of halogens is 2. The summed E-state index contributed by atoms with van der Waals surface area (Å²) in [5, 5.41) is 0.883. The van der Waals surface area contributed by atoms with Crippen molar-refractivity contribution in [1.29, 1.82) is 0 Å². The van der Waals surface area contributed by atoms with E-state index in [1.54, 1.807) is 17.7 Å². The van der Waals surface area contributed by atoms with Crippen LogP contribution in [0.2, 0.25) is 5.02 Å². The summed E-state index contributed by atoms with van der Waals surface area (Å²) in [6.45, 7) is 2.15. The molecule has 2 aliphatic carbocycles. The molecular formula is C26H30ClF. The van der Waals surface area contributed by atoms with Gasteiger partial charge in [-0.2, -0.15) is 0 Å². The molecule has 28 heavy (non-hydrogen) atoms. The molecule has 1 saturated carbocycles. The fourth-order valence-electron chi connectivity index (χ4n) is 5.15. The SMILES string of the molecule is Cc1c(Cl)cccc1CC1CCCCCC(C2=Cc3cc(F)ccc3CC2)C1. The van der Waals surface area contributed by atoms with Crippen molar-refractivity contribution in [3.05, 3.63) is 75.1 Å². The lowest BCUT2D eigenvalue weighted by atomic mass is 9.75. The second kappa shape index (κ2) is 8.82. The van der Waals surface area contributed by atoms with Gasteiger partial charge in [-0.1, -0.05) is 67.1 Å². The van der Waals surface area contributed by atoms with Crippen molar-refractivity contribution in [3.8, 4) is 0 Å². The maximum Gasteiger partial charge on any atom is 0.123 e. The first kappa shape index (κ1) is 19.7. The van der Waals surface area contributed by atoms with Gasteiger partial charge in [0.15, 0.2) is 0 Å². The molecule has 0 amide bonds. The van der Waals surface area contributed by atoms with Gasteiger partial charge in [0.1, 0.15) is 5.82 Å². The summed E-state index contributed by atoms with van der Waals surface area (Å²) in [5.74, 6) is 1.22. The van der Waals surface area contributed by atoms with E-state index in [9.17, 15) is 4.39 Å². The number of fused-ring (bicyclic) bond motifs is 1. The van der Waals surface area contributed by atoms with Gasteiger partial charge >= 0.3 is 0 Å². The van der Waals surface area contributed by atoms with E-state index in [2.05, 4.69) is 25.1 Å². The summed E-state index contributed by atoms with van der Waals surface area (Å²) in [7, 11) is 0. The second-order valence-corrected chi connectivity index (χ2v) is 9.13. The van der Waals surface area contributed by atoms with Crippen LogP contribution < -0.4 is 0 Å². The zero-order valence-corrected chi connectivity index (χ0v) is 17.6. The van der Waals surface area contributed by atoms with Crippen LogP contribution in [-0.4, -0.2) is 0 Å². The lowest BCUT2D eigenvalue weighted by Crippen LogP contribution is -2.18. The Kier molecular flexibility index (Phi) is 6.21. The van der Waals surface area contributed by atoms with E-state index in [4.69, 9.17) is 11.6 Å². The molecule has 2 unspecified atom stereocenters. The fourth-order valence-corrected chi connectivity index (χ4v) is 5.34. The molecule has 4 rings (SSSR count). The van der Waals surface area contributed by atoms with Gasteiger partial charge in [-0.15, -0.1) is 0 Å². The van der Waals surface area contributed by atoms with E-state index in [-0.39, 0.29) is 5.82 Å². The number of rotatable bonds is 3. The molecule has 0 aliphatic heterocycles. The number of aryl methyl sites for hydroxylation is 1. The summed E-state index contributed by atoms with van der Waals surface area (Å²) in [6, 6.07) is 11.6. The number of allylic oxidation sites excluding steroid dienone is 1. The van der Waals surface area contributed by atoms with Crippen LogP contribution in [0, 0.1) is 24.6 Å². The highest BCUT2D eigenvalue weighted by Gasteiger charge is 2.24. The van der Waals surface area contributed by atoms with E-state index in [0.29, 0.717) is 11.8 Å². The third-order valence-electron chi connectivity index (χ3n) is 6.83. The van der Waals surface area contributed by atoms with Gasteiger partial charge in [0, 0.05) is 5.02 Å². The van der Waals surface area contributed by atoms with Crippen LogP contribution >= 0.6 is 11.6 Å². The summed E-state index contributed by atoms with van der Waals surface area (Å²) >= 11 is 6.36. The first-order valence-corrected chi connectivity index (χ1v) is 11.2. The Bertz CT molecular complexity index is 867. The highest BCUT2D eigenvalue weighted by atomic mass is 35.5. The first-order chi connectivity index (χ1) is 13.6. The van der Waals surface area contributed by atoms with Gasteiger partial charge < -0.3 is 0 Å². The third kappa shape index (κ3) is 4.51. The Morgan fingerprint density at radius 3 is 2.79 bits per heavy atom. The smallest absolute Gasteiger partial charge is 0.123 e. The Morgan fingerprint density at radius 2 is 1.89 bits per heavy atom. The van der Waals surface area contributed by atoms with Gasteiger partial charge in [0.2, 0.25) is 0 Å². The molecule has 0 radical (unpaired) electrons. The predicted molar refractivity (Wildman–Crippen MR) is 117 cm³/mol. The molecule has 0 spiro atoms. The van der Waals surface area contributed by atoms with E-state index < -0.39 is 0 Å². The highest BCUT2D eigenvalue weighted by molar-refractivity contribution is 6.31. The average Bonchev–Trinajstić information content (AvgIpc) is 2.66. The molecule has 2 aliphatic rings. The summed E-state index contributed by atoms with van der Waals surface area (Å²) in [5.41, 5.74) is 6.59. The Labute approximate surface area is 173 Å². The summed E-state index contributed by atoms with van der Waals surface area (Å²) < 4.78 is 13.7. The first-order valence-electron chi connectivity index (χ1n) is 10.8. The normalized spacial score (nSPS) is 22.8. The maximum atomic E-state index is 13.7. The maximum absolute atomic E-state index is 13.7. The lowest BCUT2D eigenvalue weighted by molar-refractivity contribution is 0.317. The van der Waals surface area contributed by atoms with Crippen LogP contribution in [0.15, 0.2) is 42.0 Å². The Morgan fingerprint density at radius 1 is 1.04 bits per heavy atom. The van der Waals surface area contributed by atoms with Crippen molar-refractivity contribution < 1.29 is 4.39 Å². The standard InChI is InChI=1S/C26H30ClF/c1-18-21(8-5-9-26(18)27)14-19-6-3-2-4-7-22(15-19)23-11-10-20-12-13-25(28)17-24(20)16-23/h5,8-9,12-13,16-17,19,22H,2-4,6-7,10-11,14-15H2,1H3. The lowest BCUT2D eigenvalue weighted by Gasteiger charge is -2.30. The van der Waals surface area contributed by atoms with E-state index >= 15 is 0 Å². The van der Waals surface area contributed by atoms with Crippen molar-refractivity contribution in [3.63, 3.8) is 0 Å². The number of hydrogen-bond donors (Lipinski definition) is 0. The van der Waals surface area contributed by atoms with E-state index in [0.717, 1.165) is 29.8 Å². The van der Waals surface area contributed by atoms with Crippen LogP contribution in [0.25, 0.3) is 6.08 Å². The Balaban J connectivity index is 1.54. The fraction of sp³-hybridized carbons (Fsp3) is 0.462. The predicted octanol–water partition coefficient (Wildman–Crippen LogP) is 7.95. The highest BCUT2D eigenvalue weighted by Crippen LogP contribution is 2.38. The molecule has 2 atom stereocenters. The molecule has 148 valence electrons. The van der Waals surface area contributed by atoms with Crippen LogP contribution in [0.4, 0.5) is 4.39 Å². The molecule has 1 fully saturated rings. The van der Waals surface area contributed by atoms with Crippen molar-refractivity contribution in [1.82, 2.24) is 0 Å².